The van der Waals surface area contributed by atoms with Gasteiger partial charge in [0.2, 0.25) is 5.91 Å². The molecule has 130 valence electrons. The van der Waals surface area contributed by atoms with Crippen molar-refractivity contribution in [2.24, 2.45) is 5.73 Å². The molecule has 4 N–H and O–H groups in total. The van der Waals surface area contributed by atoms with Crippen molar-refractivity contribution in [2.45, 2.75) is 19.4 Å². The third kappa shape index (κ3) is 3.34. The van der Waals surface area contributed by atoms with Crippen molar-refractivity contribution in [1.82, 2.24) is 9.97 Å². The lowest BCUT2D eigenvalue weighted by atomic mass is 9.90. The first-order valence-electron chi connectivity index (χ1n) is 8.01. The fourth-order valence-electron chi connectivity index (χ4n) is 2.82. The van der Waals surface area contributed by atoms with Crippen molar-refractivity contribution in [2.75, 3.05) is 0 Å². The Bertz CT molecular complexity index is 1070. The molecular weight excluding hydrogens is 328 g/mol. The van der Waals surface area contributed by atoms with Gasteiger partial charge in [0.25, 0.3) is 0 Å². The zero-order valence-corrected chi connectivity index (χ0v) is 14.4. The molecule has 1 amide bonds. The SMILES string of the molecule is CC(C)(O)c1cc(-c2cnc3[nH]cc(/C=C/C(N)=O)c3c2)ccc1C#N. The molecule has 0 aliphatic carbocycles. The van der Waals surface area contributed by atoms with E-state index in [0.29, 0.717) is 16.8 Å². The number of nitrogens with two attached hydrogens (primary N) is 1. The number of benzene rings is 1. The van der Waals surface area contributed by atoms with Gasteiger partial charge in [0, 0.05) is 40.5 Å². The van der Waals surface area contributed by atoms with E-state index in [1.165, 1.54) is 6.08 Å². The second-order valence-corrected chi connectivity index (χ2v) is 6.53. The van der Waals surface area contributed by atoms with Crippen molar-refractivity contribution < 1.29 is 9.90 Å². The predicted molar refractivity (Wildman–Crippen MR) is 99.7 cm³/mol. The topological polar surface area (TPSA) is 116 Å². The van der Waals surface area contributed by atoms with Crippen molar-refractivity contribution in [3.63, 3.8) is 0 Å². The van der Waals surface area contributed by atoms with Gasteiger partial charge < -0.3 is 15.8 Å². The van der Waals surface area contributed by atoms with Crippen LogP contribution in [0.3, 0.4) is 0 Å². The number of aromatic nitrogens is 2. The highest BCUT2D eigenvalue weighted by atomic mass is 16.3. The minimum atomic E-state index is -1.14. The van der Waals surface area contributed by atoms with E-state index in [9.17, 15) is 15.2 Å². The number of nitriles is 1. The smallest absolute Gasteiger partial charge is 0.241 e. The summed E-state index contributed by atoms with van der Waals surface area (Å²) < 4.78 is 0. The molecule has 0 bridgehead atoms. The van der Waals surface area contributed by atoms with Crippen LogP contribution in [-0.4, -0.2) is 21.0 Å². The van der Waals surface area contributed by atoms with E-state index in [-0.39, 0.29) is 0 Å². The molecule has 1 aromatic carbocycles. The quantitative estimate of drug-likeness (QED) is 0.630. The number of hydrogen-bond acceptors (Lipinski definition) is 4. The second-order valence-electron chi connectivity index (χ2n) is 6.53. The molecule has 0 spiro atoms. The molecule has 0 atom stereocenters. The van der Waals surface area contributed by atoms with Crippen molar-refractivity contribution >= 4 is 23.0 Å². The van der Waals surface area contributed by atoms with E-state index in [1.807, 2.05) is 12.1 Å². The molecule has 0 fully saturated rings. The van der Waals surface area contributed by atoms with E-state index < -0.39 is 11.5 Å². The number of amides is 1. The maximum Gasteiger partial charge on any atom is 0.241 e. The van der Waals surface area contributed by atoms with Gasteiger partial charge in [-0.2, -0.15) is 5.26 Å². The number of hydrogen-bond donors (Lipinski definition) is 3. The van der Waals surface area contributed by atoms with Crippen LogP contribution in [0.5, 0.6) is 0 Å². The first-order valence-corrected chi connectivity index (χ1v) is 8.01. The fraction of sp³-hybridized carbons (Fsp3) is 0.150. The molecule has 6 nitrogen and oxygen atoms in total. The fourth-order valence-corrected chi connectivity index (χ4v) is 2.82. The molecule has 6 heteroatoms. The zero-order chi connectivity index (χ0) is 18.9. The number of aliphatic hydroxyl groups is 1. The number of pyridine rings is 1. The lowest BCUT2D eigenvalue weighted by molar-refractivity contribution is -0.113. The first-order chi connectivity index (χ1) is 12.3. The normalized spacial score (nSPS) is 11.8. The Morgan fingerprint density at radius 1 is 1.35 bits per heavy atom. The molecule has 0 aliphatic rings. The summed E-state index contributed by atoms with van der Waals surface area (Å²) in [6.07, 6.45) is 6.40. The van der Waals surface area contributed by atoms with Crippen LogP contribution in [0.1, 0.15) is 30.5 Å². The number of H-pyrrole nitrogens is 1. The Morgan fingerprint density at radius 2 is 2.12 bits per heavy atom. The third-order valence-corrected chi connectivity index (χ3v) is 4.12. The van der Waals surface area contributed by atoms with Crippen molar-refractivity contribution in [3.8, 4) is 17.2 Å². The van der Waals surface area contributed by atoms with Crippen LogP contribution in [-0.2, 0) is 10.4 Å². The van der Waals surface area contributed by atoms with Gasteiger partial charge in [-0.3, -0.25) is 4.79 Å². The predicted octanol–water partition coefficient (Wildman–Crippen LogP) is 2.83. The number of primary amides is 1. The Kier molecular flexibility index (Phi) is 4.33. The summed E-state index contributed by atoms with van der Waals surface area (Å²) in [5.74, 6) is -0.523. The molecule has 0 saturated heterocycles. The maximum atomic E-state index is 11.0. The zero-order valence-electron chi connectivity index (χ0n) is 14.4. The highest BCUT2D eigenvalue weighted by Crippen LogP contribution is 2.30. The summed E-state index contributed by atoms with van der Waals surface area (Å²) in [5.41, 5.74) is 8.16. The molecule has 3 rings (SSSR count). The number of fused-ring (bicyclic) bond motifs is 1. The van der Waals surface area contributed by atoms with Gasteiger partial charge in [-0.15, -0.1) is 0 Å². The number of nitrogens with one attached hydrogen (secondary N) is 1. The highest BCUT2D eigenvalue weighted by Gasteiger charge is 2.21. The Morgan fingerprint density at radius 3 is 2.77 bits per heavy atom. The van der Waals surface area contributed by atoms with Crippen LogP contribution in [0.4, 0.5) is 0 Å². The van der Waals surface area contributed by atoms with Crippen LogP contribution >= 0.6 is 0 Å². The molecule has 26 heavy (non-hydrogen) atoms. The van der Waals surface area contributed by atoms with Crippen molar-refractivity contribution in [1.29, 1.82) is 5.26 Å². The largest absolute Gasteiger partial charge is 0.386 e. The minimum absolute atomic E-state index is 0.432. The summed E-state index contributed by atoms with van der Waals surface area (Å²) in [7, 11) is 0. The van der Waals surface area contributed by atoms with Crippen LogP contribution in [0, 0.1) is 11.3 Å². The monoisotopic (exact) mass is 346 g/mol. The number of carbonyl (C=O) groups is 1. The van der Waals surface area contributed by atoms with E-state index >= 15 is 0 Å². The third-order valence-electron chi connectivity index (χ3n) is 4.12. The van der Waals surface area contributed by atoms with Crippen molar-refractivity contribution in [3.05, 3.63) is 59.4 Å². The number of nitrogens with zero attached hydrogens (tertiary/aromatic N) is 2. The Hall–Kier alpha value is -3.43. The maximum absolute atomic E-state index is 11.0. The lowest BCUT2D eigenvalue weighted by Crippen LogP contribution is -2.17. The van der Waals surface area contributed by atoms with E-state index in [1.54, 1.807) is 44.4 Å². The molecule has 2 aromatic heterocycles. The summed E-state index contributed by atoms with van der Waals surface area (Å²) in [6.45, 7) is 3.29. The van der Waals surface area contributed by atoms with Crippen LogP contribution in [0.2, 0.25) is 0 Å². The molecular formula is C20H18N4O2. The average Bonchev–Trinajstić information content (AvgIpc) is 3.00. The number of rotatable bonds is 4. The lowest BCUT2D eigenvalue weighted by Gasteiger charge is -2.20. The molecule has 2 heterocycles. The first kappa shape index (κ1) is 17.4. The summed E-state index contributed by atoms with van der Waals surface area (Å²) >= 11 is 0. The molecule has 0 radical (unpaired) electrons. The molecule has 0 aliphatic heterocycles. The highest BCUT2D eigenvalue weighted by molar-refractivity contribution is 5.95. The van der Waals surface area contributed by atoms with Gasteiger partial charge in [0.05, 0.1) is 17.2 Å². The Labute approximate surface area is 150 Å². The number of aromatic amines is 1. The van der Waals surface area contributed by atoms with E-state index in [4.69, 9.17) is 5.73 Å². The van der Waals surface area contributed by atoms with Gasteiger partial charge in [0.1, 0.15) is 5.65 Å². The van der Waals surface area contributed by atoms with Crippen LogP contribution in [0.25, 0.3) is 28.2 Å². The minimum Gasteiger partial charge on any atom is -0.386 e. The summed E-state index contributed by atoms with van der Waals surface area (Å²) in [4.78, 5) is 18.4. The van der Waals surface area contributed by atoms with E-state index in [0.717, 1.165) is 22.1 Å². The van der Waals surface area contributed by atoms with Crippen LogP contribution < -0.4 is 5.73 Å². The molecule has 0 unspecified atom stereocenters. The second kappa shape index (κ2) is 6.47. The number of carbonyl (C=O) groups excluding carboxylic acids is 1. The summed E-state index contributed by atoms with van der Waals surface area (Å²) in [5, 5.41) is 20.5. The van der Waals surface area contributed by atoms with Gasteiger partial charge in [0.15, 0.2) is 0 Å². The van der Waals surface area contributed by atoms with Gasteiger partial charge in [-0.25, -0.2) is 4.98 Å². The summed E-state index contributed by atoms with van der Waals surface area (Å²) in [6, 6.07) is 9.36. The van der Waals surface area contributed by atoms with Gasteiger partial charge >= 0.3 is 0 Å². The van der Waals surface area contributed by atoms with Gasteiger partial charge in [-0.1, -0.05) is 6.07 Å². The Balaban J connectivity index is 2.13. The van der Waals surface area contributed by atoms with Crippen LogP contribution in [0.15, 0.2) is 42.7 Å². The molecule has 0 saturated carbocycles. The standard InChI is InChI=1S/C20H18N4O2/c1-20(2,26)17-8-12(3-4-13(17)9-21)15-7-16-14(5-6-18(22)25)10-23-19(16)24-11-15/h3-8,10-11,26H,1-2H3,(H2,22,25)(H,23,24)/b6-5+. The van der Waals surface area contributed by atoms with E-state index in [2.05, 4.69) is 16.0 Å². The molecule has 3 aromatic rings. The van der Waals surface area contributed by atoms with Gasteiger partial charge in [-0.05, 0) is 43.7 Å². The average molecular weight is 346 g/mol.